The maximum Gasteiger partial charge on any atom is 0.186 e. The standard InChI is InChI=1S/C36H62O9/c1-19(2)10-9-13-36(8,43)20-11-15-34(6)26(20)21(38)16-24-33(5)14-12-25(39)32(3,4)30(33)22(17-35(24,34)7)44-31-29(42)28(41)27(40)23(18-37)45-31/h10,20-31,37-43H,9,11-18H2,1-8H3/t20-,21+,22-,23+,24+,25+,26-,27+,28-,29+,30+,31+,33-,34+,35+,36-/m0/s1. The second kappa shape index (κ2) is 12.1. The second-order valence-electron chi connectivity index (χ2n) is 17.5. The summed E-state index contributed by atoms with van der Waals surface area (Å²) in [7, 11) is 0. The van der Waals surface area contributed by atoms with E-state index in [1.807, 2.05) is 6.92 Å². The fourth-order valence-corrected chi connectivity index (χ4v) is 11.9. The average Bonchev–Trinajstić information content (AvgIpc) is 3.33. The predicted octanol–water partition coefficient (Wildman–Crippen LogP) is 3.30. The molecular formula is C36H62O9. The lowest BCUT2D eigenvalue weighted by Gasteiger charge is -2.72. The van der Waals surface area contributed by atoms with E-state index in [4.69, 9.17) is 9.47 Å². The average molecular weight is 639 g/mol. The quantitative estimate of drug-likeness (QED) is 0.164. The summed E-state index contributed by atoms with van der Waals surface area (Å²) < 4.78 is 12.6. The lowest BCUT2D eigenvalue weighted by atomic mass is 9.34. The third-order valence-electron chi connectivity index (χ3n) is 14.4. The van der Waals surface area contributed by atoms with Crippen molar-refractivity contribution in [2.75, 3.05) is 6.61 Å². The molecule has 0 spiro atoms. The van der Waals surface area contributed by atoms with Gasteiger partial charge in [0.05, 0.1) is 30.5 Å². The predicted molar refractivity (Wildman–Crippen MR) is 170 cm³/mol. The fourth-order valence-electron chi connectivity index (χ4n) is 11.9. The van der Waals surface area contributed by atoms with Crippen LogP contribution in [0.2, 0.25) is 0 Å². The number of ether oxygens (including phenoxy) is 2. The summed E-state index contributed by atoms with van der Waals surface area (Å²) in [5.41, 5.74) is -1.21. The first-order valence-electron chi connectivity index (χ1n) is 17.4. The van der Waals surface area contributed by atoms with Gasteiger partial charge in [-0.1, -0.05) is 46.3 Å². The van der Waals surface area contributed by atoms with Crippen LogP contribution in [0.15, 0.2) is 11.6 Å². The third kappa shape index (κ3) is 5.48. The highest BCUT2D eigenvalue weighted by atomic mass is 16.7. The summed E-state index contributed by atoms with van der Waals surface area (Å²) in [6.45, 7) is 16.6. The summed E-state index contributed by atoms with van der Waals surface area (Å²) >= 11 is 0. The van der Waals surface area contributed by atoms with Gasteiger partial charge in [-0.15, -0.1) is 0 Å². The molecule has 16 atom stereocenters. The summed E-state index contributed by atoms with van der Waals surface area (Å²) in [6.07, 6.45) is -0.603. The van der Waals surface area contributed by atoms with Crippen molar-refractivity contribution in [3.63, 3.8) is 0 Å². The Balaban J connectivity index is 1.54. The molecule has 9 nitrogen and oxygen atoms in total. The van der Waals surface area contributed by atoms with Gasteiger partial charge in [0.25, 0.3) is 0 Å². The van der Waals surface area contributed by atoms with Crippen molar-refractivity contribution in [3.8, 4) is 0 Å². The van der Waals surface area contributed by atoms with Crippen molar-refractivity contribution in [1.29, 1.82) is 0 Å². The van der Waals surface area contributed by atoms with Crippen LogP contribution >= 0.6 is 0 Å². The monoisotopic (exact) mass is 638 g/mol. The molecule has 1 heterocycles. The fraction of sp³-hybridized carbons (Fsp3) is 0.944. The molecule has 0 aromatic carbocycles. The van der Waals surface area contributed by atoms with Gasteiger partial charge in [-0.05, 0) is 117 Å². The number of allylic oxidation sites excluding steroid dienone is 2. The maximum atomic E-state index is 12.1. The highest BCUT2D eigenvalue weighted by Gasteiger charge is 2.73. The minimum absolute atomic E-state index is 0.0548. The Hall–Kier alpha value is -0.620. The van der Waals surface area contributed by atoms with Crippen molar-refractivity contribution >= 4 is 0 Å². The molecule has 7 N–H and O–H groups in total. The molecule has 45 heavy (non-hydrogen) atoms. The Morgan fingerprint density at radius 3 is 2.22 bits per heavy atom. The molecule has 9 heteroatoms. The molecular weight excluding hydrogens is 576 g/mol. The smallest absolute Gasteiger partial charge is 0.186 e. The van der Waals surface area contributed by atoms with Gasteiger partial charge < -0.3 is 45.2 Å². The SMILES string of the molecule is CC(C)=CCC[C@](C)(O)[C@H]1CC[C@]2(C)[C@@H]1[C@H](O)C[C@@H]1[C@]3(C)CC[C@@H](O)C(C)(C)[C@H]3[C@@H](O[C@@H]3O[C@H](CO)[C@@H](O)[C@H](O)[C@H]3O)C[C@]12C. The molecule has 0 unspecified atom stereocenters. The zero-order valence-corrected chi connectivity index (χ0v) is 28.8. The highest BCUT2D eigenvalue weighted by molar-refractivity contribution is 5.22. The zero-order valence-electron chi connectivity index (χ0n) is 28.8. The van der Waals surface area contributed by atoms with E-state index in [0.717, 1.165) is 25.7 Å². The number of rotatable bonds is 7. The molecule has 0 aromatic heterocycles. The van der Waals surface area contributed by atoms with E-state index in [0.29, 0.717) is 25.7 Å². The van der Waals surface area contributed by atoms with E-state index in [1.165, 1.54) is 5.57 Å². The van der Waals surface area contributed by atoms with Crippen LogP contribution in [-0.2, 0) is 9.47 Å². The number of hydrogen-bond donors (Lipinski definition) is 7. The molecule has 4 aliphatic carbocycles. The zero-order chi connectivity index (χ0) is 33.5. The lowest BCUT2D eigenvalue weighted by molar-refractivity contribution is -0.346. The van der Waals surface area contributed by atoms with Crippen molar-refractivity contribution in [2.45, 2.75) is 161 Å². The first-order chi connectivity index (χ1) is 20.8. The molecule has 1 saturated heterocycles. The van der Waals surface area contributed by atoms with Gasteiger partial charge in [-0.2, -0.15) is 0 Å². The van der Waals surface area contributed by atoms with Crippen molar-refractivity contribution in [2.24, 2.45) is 45.3 Å². The van der Waals surface area contributed by atoms with Crippen LogP contribution in [0, 0.1) is 45.3 Å². The number of aliphatic hydroxyl groups is 7. The lowest BCUT2D eigenvalue weighted by Crippen LogP contribution is -2.71. The van der Waals surface area contributed by atoms with Gasteiger partial charge in [-0.3, -0.25) is 0 Å². The summed E-state index contributed by atoms with van der Waals surface area (Å²) in [4.78, 5) is 0. The van der Waals surface area contributed by atoms with Crippen molar-refractivity contribution < 1.29 is 45.2 Å². The van der Waals surface area contributed by atoms with Crippen LogP contribution in [0.5, 0.6) is 0 Å². The Labute approximate surface area is 270 Å². The maximum absolute atomic E-state index is 12.1. The molecule has 0 radical (unpaired) electrons. The summed E-state index contributed by atoms with van der Waals surface area (Å²) in [5, 5.41) is 77.2. The van der Waals surface area contributed by atoms with Crippen LogP contribution in [0.3, 0.4) is 0 Å². The van der Waals surface area contributed by atoms with Crippen LogP contribution in [0.1, 0.15) is 107 Å². The van der Waals surface area contributed by atoms with Crippen LogP contribution < -0.4 is 0 Å². The van der Waals surface area contributed by atoms with Gasteiger partial charge in [0, 0.05) is 0 Å². The van der Waals surface area contributed by atoms with Crippen LogP contribution in [0.25, 0.3) is 0 Å². The largest absolute Gasteiger partial charge is 0.394 e. The number of aliphatic hydroxyl groups excluding tert-OH is 6. The highest BCUT2D eigenvalue weighted by Crippen LogP contribution is 2.76. The summed E-state index contributed by atoms with van der Waals surface area (Å²) in [6, 6.07) is 0. The first kappa shape index (κ1) is 35.7. The Morgan fingerprint density at radius 2 is 1.60 bits per heavy atom. The second-order valence-corrected chi connectivity index (χ2v) is 17.5. The van der Waals surface area contributed by atoms with Gasteiger partial charge >= 0.3 is 0 Å². The molecule has 5 aliphatic rings. The molecule has 0 bridgehead atoms. The van der Waals surface area contributed by atoms with E-state index in [9.17, 15) is 35.7 Å². The van der Waals surface area contributed by atoms with E-state index in [1.54, 1.807) is 0 Å². The number of fused-ring (bicyclic) bond motifs is 5. The first-order valence-corrected chi connectivity index (χ1v) is 17.4. The molecule has 0 aromatic rings. The van der Waals surface area contributed by atoms with E-state index >= 15 is 0 Å². The van der Waals surface area contributed by atoms with Crippen molar-refractivity contribution in [1.82, 2.24) is 0 Å². The van der Waals surface area contributed by atoms with Crippen LogP contribution in [-0.4, -0.2) is 97.0 Å². The molecule has 260 valence electrons. The minimum Gasteiger partial charge on any atom is -0.394 e. The topological polar surface area (TPSA) is 160 Å². The molecule has 5 fully saturated rings. The van der Waals surface area contributed by atoms with Gasteiger partial charge in [0.1, 0.15) is 24.4 Å². The Kier molecular flexibility index (Phi) is 9.56. The van der Waals surface area contributed by atoms with E-state index in [2.05, 4.69) is 54.5 Å². The van der Waals surface area contributed by atoms with E-state index in [-0.39, 0.29) is 39.9 Å². The Morgan fingerprint density at radius 1 is 0.933 bits per heavy atom. The molecule has 4 saturated carbocycles. The number of hydrogen-bond acceptors (Lipinski definition) is 9. The summed E-state index contributed by atoms with van der Waals surface area (Å²) in [5.74, 6) is -0.186. The van der Waals surface area contributed by atoms with E-state index < -0.39 is 66.6 Å². The molecule has 0 amide bonds. The van der Waals surface area contributed by atoms with Gasteiger partial charge in [0.15, 0.2) is 6.29 Å². The van der Waals surface area contributed by atoms with Gasteiger partial charge in [0.2, 0.25) is 0 Å². The Bertz CT molecular complexity index is 1100. The third-order valence-corrected chi connectivity index (χ3v) is 14.4. The van der Waals surface area contributed by atoms with Crippen molar-refractivity contribution in [3.05, 3.63) is 11.6 Å². The van der Waals surface area contributed by atoms with Crippen LogP contribution in [0.4, 0.5) is 0 Å². The molecule has 5 rings (SSSR count). The minimum atomic E-state index is -1.54. The van der Waals surface area contributed by atoms with Gasteiger partial charge in [-0.25, -0.2) is 0 Å². The molecule has 1 aliphatic heterocycles. The normalized spacial score (nSPS) is 52.2.